The molecule has 6 nitrogen and oxygen atoms in total. The Kier molecular flexibility index (Phi) is 4.15. The third-order valence-electron chi connectivity index (χ3n) is 3.84. The highest BCUT2D eigenvalue weighted by atomic mass is 32.2. The van der Waals surface area contributed by atoms with E-state index in [4.69, 9.17) is 0 Å². The monoisotopic (exact) mass is 342 g/mol. The van der Waals surface area contributed by atoms with E-state index in [2.05, 4.69) is 15.3 Å². The molecule has 1 fully saturated rings. The van der Waals surface area contributed by atoms with Crippen molar-refractivity contribution in [1.29, 1.82) is 0 Å². The van der Waals surface area contributed by atoms with Gasteiger partial charge in [0.15, 0.2) is 11.6 Å². The first-order chi connectivity index (χ1) is 10.9. The van der Waals surface area contributed by atoms with Crippen LogP contribution in [0.2, 0.25) is 0 Å². The molecule has 0 spiro atoms. The second kappa shape index (κ2) is 5.97. The molecule has 0 radical (unpaired) electrons. The molecule has 0 bridgehead atoms. The standard InChI is InChI=1S/C14H16F2N4O2S/c1-2-23(21,22)20-7-9(8-20)5-18-14-6-17-12-3-10(15)11(16)4-13(12)19-14/h3-4,6,9H,2,5,7-8H2,1H3,(H,18,19). The van der Waals surface area contributed by atoms with Gasteiger partial charge in [-0.15, -0.1) is 0 Å². The van der Waals surface area contributed by atoms with Gasteiger partial charge in [-0.1, -0.05) is 0 Å². The summed E-state index contributed by atoms with van der Waals surface area (Å²) in [6.07, 6.45) is 1.44. The lowest BCUT2D eigenvalue weighted by molar-refractivity contribution is 0.212. The Balaban J connectivity index is 1.62. The summed E-state index contributed by atoms with van der Waals surface area (Å²) >= 11 is 0. The lowest BCUT2D eigenvalue weighted by Gasteiger charge is -2.37. The number of halogens is 2. The van der Waals surface area contributed by atoms with Crippen molar-refractivity contribution in [2.24, 2.45) is 5.92 Å². The molecule has 9 heteroatoms. The van der Waals surface area contributed by atoms with Gasteiger partial charge in [0.2, 0.25) is 10.0 Å². The van der Waals surface area contributed by atoms with E-state index in [1.54, 1.807) is 6.92 Å². The predicted octanol–water partition coefficient (Wildman–Crippen LogP) is 1.60. The van der Waals surface area contributed by atoms with Crippen LogP contribution in [-0.2, 0) is 10.0 Å². The maximum atomic E-state index is 13.2. The highest BCUT2D eigenvalue weighted by molar-refractivity contribution is 7.89. The SMILES string of the molecule is CCS(=O)(=O)N1CC(CNc2cnc3cc(F)c(F)cc3n2)C1. The highest BCUT2D eigenvalue weighted by Gasteiger charge is 2.34. The van der Waals surface area contributed by atoms with Crippen molar-refractivity contribution in [1.82, 2.24) is 14.3 Å². The third kappa shape index (κ3) is 3.25. The number of fused-ring (bicyclic) bond motifs is 1. The molecule has 3 rings (SSSR count). The minimum Gasteiger partial charge on any atom is -0.368 e. The van der Waals surface area contributed by atoms with Gasteiger partial charge in [-0.2, -0.15) is 0 Å². The summed E-state index contributed by atoms with van der Waals surface area (Å²) < 4.78 is 51.0. The van der Waals surface area contributed by atoms with Gasteiger partial charge in [0, 0.05) is 37.7 Å². The molecule has 0 aliphatic carbocycles. The zero-order chi connectivity index (χ0) is 16.6. The van der Waals surface area contributed by atoms with E-state index in [0.29, 0.717) is 25.5 Å². The van der Waals surface area contributed by atoms with Gasteiger partial charge in [-0.25, -0.2) is 26.5 Å². The number of sulfonamides is 1. The Hall–Kier alpha value is -1.87. The first kappa shape index (κ1) is 16.0. The lowest BCUT2D eigenvalue weighted by atomic mass is 10.0. The van der Waals surface area contributed by atoms with Crippen LogP contribution in [0.3, 0.4) is 0 Å². The number of aromatic nitrogens is 2. The summed E-state index contributed by atoms with van der Waals surface area (Å²) in [5, 5.41) is 3.05. The van der Waals surface area contributed by atoms with Crippen LogP contribution in [0, 0.1) is 17.6 Å². The summed E-state index contributed by atoms with van der Waals surface area (Å²) in [4.78, 5) is 8.21. The predicted molar refractivity (Wildman–Crippen MR) is 82.5 cm³/mol. The number of rotatable bonds is 5. The summed E-state index contributed by atoms with van der Waals surface area (Å²) in [5.74, 6) is -1.19. The second-order valence-corrected chi connectivity index (χ2v) is 7.73. The van der Waals surface area contributed by atoms with E-state index >= 15 is 0 Å². The molecular weight excluding hydrogens is 326 g/mol. The number of benzene rings is 1. The Morgan fingerprint density at radius 1 is 1.26 bits per heavy atom. The van der Waals surface area contributed by atoms with Crippen molar-refractivity contribution in [2.45, 2.75) is 6.92 Å². The maximum absolute atomic E-state index is 13.2. The van der Waals surface area contributed by atoms with E-state index in [-0.39, 0.29) is 22.7 Å². The van der Waals surface area contributed by atoms with E-state index < -0.39 is 21.7 Å². The van der Waals surface area contributed by atoms with Crippen LogP contribution in [0.15, 0.2) is 18.3 Å². The summed E-state index contributed by atoms with van der Waals surface area (Å²) in [6.45, 7) is 3.11. The quantitative estimate of drug-likeness (QED) is 0.893. The summed E-state index contributed by atoms with van der Waals surface area (Å²) in [7, 11) is -3.11. The van der Waals surface area contributed by atoms with Crippen LogP contribution in [0.5, 0.6) is 0 Å². The van der Waals surface area contributed by atoms with Crippen LogP contribution in [0.25, 0.3) is 11.0 Å². The van der Waals surface area contributed by atoms with Crippen LogP contribution >= 0.6 is 0 Å². The molecule has 2 aromatic rings. The molecule has 0 atom stereocenters. The van der Waals surface area contributed by atoms with Gasteiger partial charge < -0.3 is 5.32 Å². The zero-order valence-electron chi connectivity index (χ0n) is 12.5. The fraction of sp³-hybridized carbons (Fsp3) is 0.429. The van der Waals surface area contributed by atoms with Gasteiger partial charge in [-0.05, 0) is 6.92 Å². The van der Waals surface area contributed by atoms with Gasteiger partial charge in [0.25, 0.3) is 0 Å². The van der Waals surface area contributed by atoms with Gasteiger partial charge in [0.05, 0.1) is 23.0 Å². The van der Waals surface area contributed by atoms with Crippen LogP contribution in [0.1, 0.15) is 6.92 Å². The van der Waals surface area contributed by atoms with Gasteiger partial charge in [0.1, 0.15) is 5.82 Å². The van der Waals surface area contributed by atoms with Crippen molar-refractivity contribution in [2.75, 3.05) is 30.7 Å². The molecule has 0 amide bonds. The first-order valence-electron chi connectivity index (χ1n) is 7.22. The van der Waals surface area contributed by atoms with E-state index in [9.17, 15) is 17.2 Å². The fourth-order valence-electron chi connectivity index (χ4n) is 2.40. The molecule has 1 saturated heterocycles. The Bertz CT molecular complexity index is 838. The Labute approximate surface area is 132 Å². The second-order valence-electron chi connectivity index (χ2n) is 5.47. The highest BCUT2D eigenvalue weighted by Crippen LogP contribution is 2.21. The largest absolute Gasteiger partial charge is 0.368 e. The lowest BCUT2D eigenvalue weighted by Crippen LogP contribution is -2.52. The molecular formula is C14H16F2N4O2S. The molecule has 124 valence electrons. The van der Waals surface area contributed by atoms with Gasteiger partial charge >= 0.3 is 0 Å². The normalized spacial score (nSPS) is 16.5. The molecule has 1 N–H and O–H groups in total. The van der Waals surface area contributed by atoms with Gasteiger partial charge in [-0.3, -0.25) is 4.98 Å². The number of nitrogens with one attached hydrogen (secondary N) is 1. The van der Waals surface area contributed by atoms with Crippen molar-refractivity contribution in [3.63, 3.8) is 0 Å². The average molecular weight is 342 g/mol. The zero-order valence-corrected chi connectivity index (χ0v) is 13.3. The number of nitrogens with zero attached hydrogens (tertiary/aromatic N) is 3. The minimum atomic E-state index is -3.11. The van der Waals surface area contributed by atoms with Crippen molar-refractivity contribution in [3.05, 3.63) is 30.0 Å². The van der Waals surface area contributed by atoms with Crippen LogP contribution < -0.4 is 5.32 Å². The van der Waals surface area contributed by atoms with E-state index in [1.807, 2.05) is 0 Å². The molecule has 1 aromatic carbocycles. The number of hydrogen-bond donors (Lipinski definition) is 1. The van der Waals surface area contributed by atoms with Crippen molar-refractivity contribution < 1.29 is 17.2 Å². The molecule has 1 aliphatic heterocycles. The molecule has 0 saturated carbocycles. The minimum absolute atomic E-state index is 0.103. The molecule has 1 aliphatic rings. The summed E-state index contributed by atoms with van der Waals surface area (Å²) in [6, 6.07) is 2.00. The maximum Gasteiger partial charge on any atom is 0.213 e. The van der Waals surface area contributed by atoms with Crippen LogP contribution in [0.4, 0.5) is 14.6 Å². The number of anilines is 1. The third-order valence-corrected chi connectivity index (χ3v) is 5.65. The molecule has 23 heavy (non-hydrogen) atoms. The van der Waals surface area contributed by atoms with Crippen LogP contribution in [-0.4, -0.2) is 48.1 Å². The average Bonchev–Trinajstić information content (AvgIpc) is 2.47. The van der Waals surface area contributed by atoms with Crippen molar-refractivity contribution in [3.8, 4) is 0 Å². The smallest absolute Gasteiger partial charge is 0.213 e. The Morgan fingerprint density at radius 3 is 2.57 bits per heavy atom. The topological polar surface area (TPSA) is 75.2 Å². The molecule has 1 aromatic heterocycles. The summed E-state index contributed by atoms with van der Waals surface area (Å²) in [5.41, 5.74) is 0.538. The fourth-order valence-corrected chi connectivity index (χ4v) is 3.64. The number of hydrogen-bond acceptors (Lipinski definition) is 5. The first-order valence-corrected chi connectivity index (χ1v) is 8.83. The molecule has 2 heterocycles. The molecule has 0 unspecified atom stereocenters. The van der Waals surface area contributed by atoms with E-state index in [0.717, 1.165) is 12.1 Å². The Morgan fingerprint density at radius 2 is 1.91 bits per heavy atom. The van der Waals surface area contributed by atoms with E-state index in [1.165, 1.54) is 10.5 Å². The van der Waals surface area contributed by atoms with Crippen molar-refractivity contribution >= 4 is 26.9 Å².